The molecule has 0 atom stereocenters. The lowest BCUT2D eigenvalue weighted by Crippen LogP contribution is -2.23. The summed E-state index contributed by atoms with van der Waals surface area (Å²) in [5, 5.41) is 0. The Bertz CT molecular complexity index is 419. The third kappa shape index (κ3) is 3.19. The summed E-state index contributed by atoms with van der Waals surface area (Å²) < 4.78 is 11.5. The molecule has 2 rings (SSSR count). The number of nitrogens with zero attached hydrogens (tertiary/aromatic N) is 1. The molecule has 1 aromatic rings. The summed E-state index contributed by atoms with van der Waals surface area (Å²) in [5.41, 5.74) is 0.101. The molecule has 1 saturated carbocycles. The van der Waals surface area contributed by atoms with Crippen LogP contribution in [0.3, 0.4) is 0 Å². The van der Waals surface area contributed by atoms with Crippen molar-refractivity contribution in [2.75, 3.05) is 0 Å². The van der Waals surface area contributed by atoms with Gasteiger partial charge in [0, 0.05) is 6.20 Å². The van der Waals surface area contributed by atoms with Crippen LogP contribution in [0.15, 0.2) is 12.4 Å². The highest BCUT2D eigenvalue weighted by molar-refractivity contribution is 5.80. The highest BCUT2D eigenvalue weighted by Gasteiger charge is 2.27. The van der Waals surface area contributed by atoms with Crippen LogP contribution in [0.5, 0.6) is 11.5 Å². The molecular weight excluding hydrogens is 218 g/mol. The average molecular weight is 235 g/mol. The van der Waals surface area contributed by atoms with E-state index in [0.717, 1.165) is 19.1 Å². The van der Waals surface area contributed by atoms with Gasteiger partial charge in [-0.1, -0.05) is 0 Å². The van der Waals surface area contributed by atoms with Crippen molar-refractivity contribution in [2.24, 2.45) is 0 Å². The Balaban J connectivity index is 2.31. The lowest BCUT2D eigenvalue weighted by atomic mass is 10.2. The lowest BCUT2D eigenvalue weighted by Gasteiger charge is -2.23. The van der Waals surface area contributed by atoms with Gasteiger partial charge in [-0.15, -0.1) is 0 Å². The first-order valence-electron chi connectivity index (χ1n) is 5.78. The summed E-state index contributed by atoms with van der Waals surface area (Å²) in [6, 6.07) is 0. The normalized spacial score (nSPS) is 15.5. The molecule has 0 unspecified atom stereocenters. The van der Waals surface area contributed by atoms with E-state index in [1.807, 2.05) is 20.8 Å². The summed E-state index contributed by atoms with van der Waals surface area (Å²) in [6.07, 6.45) is 6.14. The highest BCUT2D eigenvalue weighted by atomic mass is 16.5. The van der Waals surface area contributed by atoms with Crippen LogP contribution in [-0.4, -0.2) is 23.0 Å². The van der Waals surface area contributed by atoms with Crippen molar-refractivity contribution in [3.8, 4) is 11.5 Å². The van der Waals surface area contributed by atoms with Crippen LogP contribution in [0, 0.1) is 0 Å². The summed E-state index contributed by atoms with van der Waals surface area (Å²) in [7, 11) is 0. The van der Waals surface area contributed by atoms with E-state index in [1.54, 1.807) is 6.20 Å². The molecule has 4 heteroatoms. The predicted octanol–water partition coefficient (Wildman–Crippen LogP) is 2.61. The quantitative estimate of drug-likeness (QED) is 0.753. The van der Waals surface area contributed by atoms with E-state index >= 15 is 0 Å². The van der Waals surface area contributed by atoms with Crippen LogP contribution in [0.25, 0.3) is 0 Å². The Morgan fingerprint density at radius 3 is 2.59 bits per heavy atom. The van der Waals surface area contributed by atoms with Crippen molar-refractivity contribution >= 4 is 6.29 Å². The van der Waals surface area contributed by atoms with Gasteiger partial charge in [-0.3, -0.25) is 9.78 Å². The van der Waals surface area contributed by atoms with Crippen molar-refractivity contribution in [1.82, 2.24) is 4.98 Å². The van der Waals surface area contributed by atoms with Gasteiger partial charge in [-0.25, -0.2) is 0 Å². The largest absolute Gasteiger partial charge is 0.486 e. The van der Waals surface area contributed by atoms with Gasteiger partial charge in [-0.05, 0) is 33.6 Å². The number of ether oxygens (including phenoxy) is 2. The molecule has 4 nitrogen and oxygen atoms in total. The van der Waals surface area contributed by atoms with E-state index in [-0.39, 0.29) is 11.7 Å². The number of hydrogen-bond donors (Lipinski definition) is 0. The second kappa shape index (κ2) is 4.35. The molecule has 0 saturated heterocycles. The summed E-state index contributed by atoms with van der Waals surface area (Å²) in [4.78, 5) is 15.0. The molecule has 1 aromatic heterocycles. The Labute approximate surface area is 101 Å². The summed E-state index contributed by atoms with van der Waals surface area (Å²) in [6.45, 7) is 5.84. The first kappa shape index (κ1) is 11.9. The zero-order valence-corrected chi connectivity index (χ0v) is 10.4. The third-order valence-electron chi connectivity index (χ3n) is 2.24. The second-order valence-electron chi connectivity index (χ2n) is 5.21. The zero-order valence-electron chi connectivity index (χ0n) is 10.4. The number of rotatable bonds is 4. The molecule has 0 spiro atoms. The lowest BCUT2D eigenvalue weighted by molar-refractivity contribution is 0.110. The van der Waals surface area contributed by atoms with Crippen LogP contribution in [0.4, 0.5) is 0 Å². The van der Waals surface area contributed by atoms with Crippen molar-refractivity contribution in [1.29, 1.82) is 0 Å². The maximum absolute atomic E-state index is 11.0. The van der Waals surface area contributed by atoms with Gasteiger partial charge < -0.3 is 9.47 Å². The monoisotopic (exact) mass is 235 g/mol. The molecule has 0 radical (unpaired) electrons. The SMILES string of the molecule is CC(C)(C)Oc1cncc(C=O)c1OC1CC1. The van der Waals surface area contributed by atoms with E-state index in [0.29, 0.717) is 17.1 Å². The molecule has 92 valence electrons. The molecule has 0 aliphatic heterocycles. The van der Waals surface area contributed by atoms with E-state index in [4.69, 9.17) is 9.47 Å². The molecule has 1 aliphatic carbocycles. The van der Waals surface area contributed by atoms with Crippen LogP contribution < -0.4 is 9.47 Å². The van der Waals surface area contributed by atoms with Crippen molar-refractivity contribution in [2.45, 2.75) is 45.3 Å². The molecule has 1 aliphatic rings. The number of carbonyl (C=O) groups excluding carboxylic acids is 1. The fraction of sp³-hybridized carbons (Fsp3) is 0.538. The first-order chi connectivity index (χ1) is 7.99. The number of aromatic nitrogens is 1. The summed E-state index contributed by atoms with van der Waals surface area (Å²) in [5.74, 6) is 1.06. The topological polar surface area (TPSA) is 48.4 Å². The van der Waals surface area contributed by atoms with Gasteiger partial charge in [0.2, 0.25) is 0 Å². The molecular formula is C13H17NO3. The minimum absolute atomic E-state index is 0.221. The van der Waals surface area contributed by atoms with Crippen molar-refractivity contribution in [3.63, 3.8) is 0 Å². The molecule has 1 fully saturated rings. The van der Waals surface area contributed by atoms with Crippen molar-refractivity contribution in [3.05, 3.63) is 18.0 Å². The fourth-order valence-electron chi connectivity index (χ4n) is 1.41. The summed E-state index contributed by atoms with van der Waals surface area (Å²) >= 11 is 0. The maximum Gasteiger partial charge on any atom is 0.180 e. The van der Waals surface area contributed by atoms with Crippen LogP contribution in [-0.2, 0) is 0 Å². The Morgan fingerprint density at radius 1 is 1.35 bits per heavy atom. The van der Waals surface area contributed by atoms with Crippen molar-refractivity contribution < 1.29 is 14.3 Å². The van der Waals surface area contributed by atoms with Gasteiger partial charge in [0.25, 0.3) is 0 Å². The molecule has 0 aromatic carbocycles. The van der Waals surface area contributed by atoms with E-state index in [9.17, 15) is 4.79 Å². The van der Waals surface area contributed by atoms with Gasteiger partial charge >= 0.3 is 0 Å². The Kier molecular flexibility index (Phi) is 3.05. The predicted molar refractivity (Wildman–Crippen MR) is 63.7 cm³/mol. The zero-order chi connectivity index (χ0) is 12.5. The first-order valence-corrected chi connectivity index (χ1v) is 5.78. The number of carbonyl (C=O) groups is 1. The second-order valence-corrected chi connectivity index (χ2v) is 5.21. The number of aldehydes is 1. The van der Waals surface area contributed by atoms with Gasteiger partial charge in [0.1, 0.15) is 5.60 Å². The fourth-order valence-corrected chi connectivity index (χ4v) is 1.41. The van der Waals surface area contributed by atoms with Gasteiger partial charge in [-0.2, -0.15) is 0 Å². The van der Waals surface area contributed by atoms with Crippen LogP contribution in [0.2, 0.25) is 0 Å². The number of hydrogen-bond acceptors (Lipinski definition) is 4. The molecule has 0 N–H and O–H groups in total. The third-order valence-corrected chi connectivity index (χ3v) is 2.24. The van der Waals surface area contributed by atoms with E-state index in [1.165, 1.54) is 6.20 Å². The highest BCUT2D eigenvalue weighted by Crippen LogP contribution is 2.36. The minimum Gasteiger partial charge on any atom is -0.486 e. The smallest absolute Gasteiger partial charge is 0.180 e. The maximum atomic E-state index is 11.0. The Morgan fingerprint density at radius 2 is 2.06 bits per heavy atom. The van der Waals surface area contributed by atoms with Gasteiger partial charge in [0.15, 0.2) is 17.8 Å². The van der Waals surface area contributed by atoms with Gasteiger partial charge in [0.05, 0.1) is 17.9 Å². The molecule has 0 bridgehead atoms. The number of pyridine rings is 1. The van der Waals surface area contributed by atoms with Crippen LogP contribution in [0.1, 0.15) is 44.0 Å². The van der Waals surface area contributed by atoms with E-state index < -0.39 is 0 Å². The molecule has 1 heterocycles. The van der Waals surface area contributed by atoms with E-state index in [2.05, 4.69) is 4.98 Å². The minimum atomic E-state index is -0.342. The average Bonchev–Trinajstić information content (AvgIpc) is 3.02. The molecule has 17 heavy (non-hydrogen) atoms. The Hall–Kier alpha value is -1.58. The van der Waals surface area contributed by atoms with Crippen LogP contribution >= 0.6 is 0 Å². The molecule has 0 amide bonds. The standard InChI is InChI=1S/C13H17NO3/c1-13(2,3)17-11-7-14-6-9(8-15)12(11)16-10-4-5-10/h6-8,10H,4-5H2,1-3H3.